The van der Waals surface area contributed by atoms with Gasteiger partial charge < -0.3 is 10.6 Å². The maximum absolute atomic E-state index is 12.2. The molecule has 1 aromatic rings. The second kappa shape index (κ2) is 8.93. The van der Waals surface area contributed by atoms with Crippen molar-refractivity contribution in [2.75, 3.05) is 45.8 Å². The Bertz CT molecular complexity index is 670. The van der Waals surface area contributed by atoms with Crippen molar-refractivity contribution in [2.24, 2.45) is 0 Å². The van der Waals surface area contributed by atoms with Crippen LogP contribution < -0.4 is 15.4 Å². The smallest absolute Gasteiger partial charge is 0.251 e. The van der Waals surface area contributed by atoms with Crippen LogP contribution in [0.1, 0.15) is 10.4 Å². The van der Waals surface area contributed by atoms with Gasteiger partial charge in [0.15, 0.2) is 0 Å². The number of amides is 1. The standard InChI is InChI=1S/C16H24N4O3S/c1-2-6-19-24(22,23)15-5-3-4-14(13-15)16(21)18-9-12-20-10-7-17-8-11-20/h2-5,13,17,19H,1,6-12H2,(H,18,21). The lowest BCUT2D eigenvalue weighted by Gasteiger charge is -2.27. The van der Waals surface area contributed by atoms with Crippen molar-refractivity contribution in [2.45, 2.75) is 4.90 Å². The predicted octanol–water partition coefficient (Wildman–Crippen LogP) is -0.214. The molecule has 132 valence electrons. The first-order valence-corrected chi connectivity index (χ1v) is 9.43. The molecule has 0 bridgehead atoms. The average Bonchev–Trinajstić information content (AvgIpc) is 2.61. The third-order valence-corrected chi connectivity index (χ3v) is 5.17. The van der Waals surface area contributed by atoms with Crippen molar-refractivity contribution in [3.05, 3.63) is 42.5 Å². The zero-order valence-electron chi connectivity index (χ0n) is 13.6. The van der Waals surface area contributed by atoms with Gasteiger partial charge >= 0.3 is 0 Å². The summed E-state index contributed by atoms with van der Waals surface area (Å²) >= 11 is 0. The van der Waals surface area contributed by atoms with Crippen molar-refractivity contribution in [1.82, 2.24) is 20.3 Å². The summed E-state index contributed by atoms with van der Waals surface area (Å²) in [4.78, 5) is 14.5. The summed E-state index contributed by atoms with van der Waals surface area (Å²) < 4.78 is 26.6. The number of carbonyl (C=O) groups is 1. The Morgan fingerprint density at radius 3 is 2.79 bits per heavy atom. The van der Waals surface area contributed by atoms with Crippen LogP contribution in [0.2, 0.25) is 0 Å². The van der Waals surface area contributed by atoms with Crippen molar-refractivity contribution in [3.63, 3.8) is 0 Å². The normalized spacial score (nSPS) is 15.8. The minimum atomic E-state index is -3.63. The molecule has 1 amide bonds. The second-order valence-corrected chi connectivity index (χ2v) is 7.28. The summed E-state index contributed by atoms with van der Waals surface area (Å²) in [6, 6.07) is 6.01. The number of hydrogen-bond acceptors (Lipinski definition) is 5. The van der Waals surface area contributed by atoms with Crippen LogP contribution in [0.4, 0.5) is 0 Å². The number of nitrogens with zero attached hydrogens (tertiary/aromatic N) is 1. The molecule has 7 nitrogen and oxygen atoms in total. The first kappa shape index (κ1) is 18.6. The van der Waals surface area contributed by atoms with E-state index >= 15 is 0 Å². The molecule has 0 atom stereocenters. The number of rotatable bonds is 8. The number of benzene rings is 1. The van der Waals surface area contributed by atoms with Gasteiger partial charge in [-0.05, 0) is 18.2 Å². The second-order valence-electron chi connectivity index (χ2n) is 5.52. The molecule has 0 radical (unpaired) electrons. The van der Waals surface area contributed by atoms with E-state index in [0.29, 0.717) is 12.1 Å². The van der Waals surface area contributed by atoms with Crippen LogP contribution in [0, 0.1) is 0 Å². The molecule has 8 heteroatoms. The monoisotopic (exact) mass is 352 g/mol. The highest BCUT2D eigenvalue weighted by molar-refractivity contribution is 7.89. The average molecular weight is 352 g/mol. The fourth-order valence-electron chi connectivity index (χ4n) is 2.42. The van der Waals surface area contributed by atoms with Crippen molar-refractivity contribution in [1.29, 1.82) is 0 Å². The van der Waals surface area contributed by atoms with Gasteiger partial charge in [-0.25, -0.2) is 13.1 Å². The molecule has 0 unspecified atom stereocenters. The van der Waals surface area contributed by atoms with Crippen LogP contribution in [0.15, 0.2) is 41.8 Å². The van der Waals surface area contributed by atoms with E-state index in [0.717, 1.165) is 32.7 Å². The van der Waals surface area contributed by atoms with Gasteiger partial charge in [0.05, 0.1) is 4.90 Å². The summed E-state index contributed by atoms with van der Waals surface area (Å²) in [5.41, 5.74) is 0.330. The van der Waals surface area contributed by atoms with Crippen molar-refractivity contribution in [3.8, 4) is 0 Å². The third kappa shape index (κ3) is 5.41. The number of carbonyl (C=O) groups excluding carboxylic acids is 1. The van der Waals surface area contributed by atoms with Crippen LogP contribution >= 0.6 is 0 Å². The van der Waals surface area contributed by atoms with Crippen LogP contribution in [-0.2, 0) is 10.0 Å². The molecule has 1 aliphatic heterocycles. The molecule has 1 aliphatic rings. The molecular weight excluding hydrogens is 328 g/mol. The lowest BCUT2D eigenvalue weighted by atomic mass is 10.2. The minimum absolute atomic E-state index is 0.0686. The molecule has 1 saturated heterocycles. The fourth-order valence-corrected chi connectivity index (χ4v) is 3.46. The van der Waals surface area contributed by atoms with E-state index in [-0.39, 0.29) is 17.3 Å². The Kier molecular flexibility index (Phi) is 6.92. The van der Waals surface area contributed by atoms with E-state index in [9.17, 15) is 13.2 Å². The zero-order chi connectivity index (χ0) is 17.4. The van der Waals surface area contributed by atoms with Gasteiger partial charge in [-0.2, -0.15) is 0 Å². The third-order valence-electron chi connectivity index (χ3n) is 3.75. The first-order chi connectivity index (χ1) is 11.5. The highest BCUT2D eigenvalue weighted by atomic mass is 32.2. The molecule has 1 aromatic carbocycles. The number of hydrogen-bond donors (Lipinski definition) is 3. The van der Waals surface area contributed by atoms with Gasteiger partial charge in [0.1, 0.15) is 0 Å². The topological polar surface area (TPSA) is 90.5 Å². The summed E-state index contributed by atoms with van der Waals surface area (Å²) in [5.74, 6) is -0.272. The van der Waals surface area contributed by atoms with Crippen LogP contribution in [0.3, 0.4) is 0 Å². The fraction of sp³-hybridized carbons (Fsp3) is 0.438. The van der Waals surface area contributed by atoms with Crippen molar-refractivity contribution < 1.29 is 13.2 Å². The number of piperazine rings is 1. The van der Waals surface area contributed by atoms with Gasteiger partial charge in [0.25, 0.3) is 5.91 Å². The minimum Gasteiger partial charge on any atom is -0.351 e. The molecular formula is C16H24N4O3S. The summed E-state index contributed by atoms with van der Waals surface area (Å²) in [6.07, 6.45) is 1.46. The number of nitrogens with one attached hydrogen (secondary N) is 3. The molecule has 0 saturated carbocycles. The maximum atomic E-state index is 12.2. The van der Waals surface area contributed by atoms with Gasteiger partial charge in [0.2, 0.25) is 10.0 Å². The molecule has 24 heavy (non-hydrogen) atoms. The van der Waals surface area contributed by atoms with Gasteiger partial charge in [-0.3, -0.25) is 9.69 Å². The quantitative estimate of drug-likeness (QED) is 0.563. The molecule has 1 heterocycles. The first-order valence-electron chi connectivity index (χ1n) is 7.95. The SMILES string of the molecule is C=CCNS(=O)(=O)c1cccc(C(=O)NCCN2CCNCC2)c1. The highest BCUT2D eigenvalue weighted by Crippen LogP contribution is 2.11. The molecule has 1 fully saturated rings. The lowest BCUT2D eigenvalue weighted by Crippen LogP contribution is -2.46. The van der Waals surface area contributed by atoms with Crippen LogP contribution in [0.25, 0.3) is 0 Å². The number of sulfonamides is 1. The van der Waals surface area contributed by atoms with Gasteiger partial charge in [-0.15, -0.1) is 6.58 Å². The summed E-state index contributed by atoms with van der Waals surface area (Å²) in [6.45, 7) is 8.80. The molecule has 0 aromatic heterocycles. The largest absolute Gasteiger partial charge is 0.351 e. The Morgan fingerprint density at radius 2 is 2.08 bits per heavy atom. The van der Waals surface area contributed by atoms with Gasteiger partial charge in [0, 0.05) is 51.4 Å². The van der Waals surface area contributed by atoms with E-state index in [2.05, 4.69) is 26.8 Å². The summed E-state index contributed by atoms with van der Waals surface area (Å²) in [5, 5.41) is 6.11. The van der Waals surface area contributed by atoms with Crippen molar-refractivity contribution >= 4 is 15.9 Å². The molecule has 3 N–H and O–H groups in total. The van der Waals surface area contributed by atoms with E-state index in [1.165, 1.54) is 18.2 Å². The highest BCUT2D eigenvalue weighted by Gasteiger charge is 2.15. The van der Waals surface area contributed by atoms with E-state index < -0.39 is 10.0 Å². The van der Waals surface area contributed by atoms with Crippen LogP contribution in [0.5, 0.6) is 0 Å². The van der Waals surface area contributed by atoms with Gasteiger partial charge in [-0.1, -0.05) is 12.1 Å². The van der Waals surface area contributed by atoms with E-state index in [4.69, 9.17) is 0 Å². The zero-order valence-corrected chi connectivity index (χ0v) is 14.4. The molecule has 0 spiro atoms. The lowest BCUT2D eigenvalue weighted by molar-refractivity contribution is 0.0947. The molecule has 2 rings (SSSR count). The molecule has 0 aliphatic carbocycles. The maximum Gasteiger partial charge on any atom is 0.251 e. The Labute approximate surface area is 143 Å². The Balaban J connectivity index is 1.92. The Morgan fingerprint density at radius 1 is 1.33 bits per heavy atom. The Hall–Kier alpha value is -1.74. The van der Waals surface area contributed by atoms with Crippen LogP contribution in [-0.4, -0.2) is 65.0 Å². The van der Waals surface area contributed by atoms with E-state index in [1.54, 1.807) is 12.1 Å². The summed E-state index contributed by atoms with van der Waals surface area (Å²) in [7, 11) is -3.63. The van der Waals surface area contributed by atoms with E-state index in [1.807, 2.05) is 0 Å². The predicted molar refractivity (Wildman–Crippen MR) is 93.5 cm³/mol.